The van der Waals surface area contributed by atoms with E-state index in [4.69, 9.17) is 0 Å². The molecule has 1 aromatic heterocycles. The topological polar surface area (TPSA) is 25.8 Å². The number of benzene rings is 1. The lowest BCUT2D eigenvalue weighted by molar-refractivity contribution is 1.23. The molecule has 1 heterocycles. The molecule has 2 nitrogen and oxygen atoms in total. The molecule has 0 saturated heterocycles. The molecule has 2 rings (SSSR count). The molecule has 0 aliphatic carbocycles. The standard InChI is InChI=1S/C18H22N2Si2/c1-21(2,3)13-11-17-18(12-14-22(4,5)6)20-16-10-8-7-9-15(16)19-17/h7-10H,1-6H3. The van der Waals surface area contributed by atoms with Crippen molar-refractivity contribution in [2.45, 2.75) is 39.3 Å². The molecule has 0 atom stereocenters. The van der Waals surface area contributed by atoms with Gasteiger partial charge in [0.2, 0.25) is 0 Å². The summed E-state index contributed by atoms with van der Waals surface area (Å²) in [7, 11) is -2.92. The molecule has 0 aliphatic rings. The van der Waals surface area contributed by atoms with E-state index in [0.717, 1.165) is 11.0 Å². The quantitative estimate of drug-likeness (QED) is 0.539. The zero-order valence-electron chi connectivity index (χ0n) is 14.2. The molecule has 2 aromatic rings. The molecule has 0 spiro atoms. The van der Waals surface area contributed by atoms with Crippen LogP contribution in [0, 0.1) is 22.9 Å². The smallest absolute Gasteiger partial charge is 0.147 e. The predicted molar refractivity (Wildman–Crippen MR) is 100.0 cm³/mol. The number of fused-ring (bicyclic) bond motifs is 1. The second-order valence-corrected chi connectivity index (χ2v) is 16.9. The highest BCUT2D eigenvalue weighted by molar-refractivity contribution is 6.84. The highest BCUT2D eigenvalue weighted by atomic mass is 28.3. The third-order valence-electron chi connectivity index (χ3n) is 2.68. The summed E-state index contributed by atoms with van der Waals surface area (Å²) in [5.74, 6) is 6.47. The van der Waals surface area contributed by atoms with Crippen LogP contribution < -0.4 is 0 Å². The van der Waals surface area contributed by atoms with Crippen LogP contribution in [-0.4, -0.2) is 26.1 Å². The molecule has 0 radical (unpaired) electrons. The van der Waals surface area contributed by atoms with Gasteiger partial charge in [0.05, 0.1) is 11.0 Å². The van der Waals surface area contributed by atoms with Gasteiger partial charge in [0.1, 0.15) is 27.5 Å². The minimum Gasteiger partial charge on any atom is -0.235 e. The SMILES string of the molecule is C[Si](C)(C)C#Cc1nc2ccccc2nc1C#C[Si](C)(C)C. The zero-order valence-corrected chi connectivity index (χ0v) is 16.2. The average Bonchev–Trinajstić information content (AvgIpc) is 2.40. The van der Waals surface area contributed by atoms with E-state index in [1.807, 2.05) is 24.3 Å². The largest absolute Gasteiger partial charge is 0.235 e. The number of para-hydroxylation sites is 2. The lowest BCUT2D eigenvalue weighted by atomic mass is 10.2. The molecule has 4 heteroatoms. The van der Waals surface area contributed by atoms with E-state index in [1.165, 1.54) is 0 Å². The summed E-state index contributed by atoms with van der Waals surface area (Å²) in [5, 5.41) is 0. The van der Waals surface area contributed by atoms with E-state index < -0.39 is 16.1 Å². The third kappa shape index (κ3) is 4.84. The first kappa shape index (κ1) is 16.5. The third-order valence-corrected chi connectivity index (χ3v) is 4.43. The first-order valence-corrected chi connectivity index (χ1v) is 14.5. The van der Waals surface area contributed by atoms with Gasteiger partial charge in [-0.15, -0.1) is 11.1 Å². The van der Waals surface area contributed by atoms with Crippen LogP contribution in [0.4, 0.5) is 0 Å². The van der Waals surface area contributed by atoms with Crippen LogP contribution in [0.5, 0.6) is 0 Å². The maximum absolute atomic E-state index is 4.68. The second kappa shape index (κ2) is 6.08. The summed E-state index contributed by atoms with van der Waals surface area (Å²) < 4.78 is 0. The minimum absolute atomic E-state index is 0.715. The van der Waals surface area contributed by atoms with Crippen molar-refractivity contribution >= 4 is 27.2 Å². The van der Waals surface area contributed by atoms with E-state index in [0.29, 0.717) is 11.4 Å². The molecule has 0 amide bonds. The molecule has 0 bridgehead atoms. The van der Waals surface area contributed by atoms with E-state index in [1.54, 1.807) is 0 Å². The van der Waals surface area contributed by atoms with Crippen LogP contribution >= 0.6 is 0 Å². The Morgan fingerprint density at radius 1 is 0.682 bits per heavy atom. The summed E-state index contributed by atoms with van der Waals surface area (Å²) in [6, 6.07) is 7.88. The van der Waals surface area contributed by atoms with Crippen LogP contribution in [0.15, 0.2) is 24.3 Å². The average molecular weight is 323 g/mol. The Kier molecular flexibility index (Phi) is 4.56. The van der Waals surface area contributed by atoms with Crippen molar-refractivity contribution in [3.63, 3.8) is 0 Å². The maximum atomic E-state index is 4.68. The Morgan fingerprint density at radius 2 is 1.05 bits per heavy atom. The fraction of sp³-hybridized carbons (Fsp3) is 0.333. The second-order valence-electron chi connectivity index (χ2n) is 7.41. The van der Waals surface area contributed by atoms with Crippen LogP contribution in [0.3, 0.4) is 0 Å². The molecule has 112 valence electrons. The van der Waals surface area contributed by atoms with Crippen molar-refractivity contribution in [1.29, 1.82) is 0 Å². The van der Waals surface area contributed by atoms with Gasteiger partial charge in [0.15, 0.2) is 0 Å². The molecule has 22 heavy (non-hydrogen) atoms. The van der Waals surface area contributed by atoms with Crippen molar-refractivity contribution in [2.75, 3.05) is 0 Å². The molecular formula is C18H22N2Si2. The lowest BCUT2D eigenvalue weighted by Gasteiger charge is -2.06. The van der Waals surface area contributed by atoms with Gasteiger partial charge in [-0.25, -0.2) is 9.97 Å². The lowest BCUT2D eigenvalue weighted by Crippen LogP contribution is -2.17. The zero-order chi connectivity index (χ0) is 16.4. The molecule has 0 N–H and O–H groups in total. The van der Waals surface area contributed by atoms with Gasteiger partial charge < -0.3 is 0 Å². The summed E-state index contributed by atoms with van der Waals surface area (Å²) in [5.41, 5.74) is 9.92. The molecule has 1 aromatic carbocycles. The highest BCUT2D eigenvalue weighted by Gasteiger charge is 2.11. The van der Waals surface area contributed by atoms with Crippen LogP contribution in [0.1, 0.15) is 11.4 Å². The Balaban J connectivity index is 2.63. The number of hydrogen-bond donors (Lipinski definition) is 0. The number of aromatic nitrogens is 2. The normalized spacial score (nSPS) is 11.4. The van der Waals surface area contributed by atoms with E-state index in [9.17, 15) is 0 Å². The monoisotopic (exact) mass is 322 g/mol. The van der Waals surface area contributed by atoms with Gasteiger partial charge in [-0.05, 0) is 12.1 Å². The van der Waals surface area contributed by atoms with Gasteiger partial charge in [0, 0.05) is 0 Å². The molecule has 0 saturated carbocycles. The fourth-order valence-corrected chi connectivity index (χ4v) is 2.65. The predicted octanol–water partition coefficient (Wildman–Crippen LogP) is 4.09. The molecule has 0 fully saturated rings. The van der Waals surface area contributed by atoms with Gasteiger partial charge in [-0.2, -0.15) is 0 Å². The minimum atomic E-state index is -1.46. The van der Waals surface area contributed by atoms with Gasteiger partial charge in [-0.3, -0.25) is 0 Å². The van der Waals surface area contributed by atoms with Crippen molar-refractivity contribution in [2.24, 2.45) is 0 Å². The van der Waals surface area contributed by atoms with Gasteiger partial charge in [0.25, 0.3) is 0 Å². The summed E-state index contributed by atoms with van der Waals surface area (Å²) in [6.45, 7) is 13.3. The summed E-state index contributed by atoms with van der Waals surface area (Å²) >= 11 is 0. The van der Waals surface area contributed by atoms with Gasteiger partial charge >= 0.3 is 0 Å². The molecular weight excluding hydrogens is 300 g/mol. The first-order chi connectivity index (χ1) is 10.1. The van der Waals surface area contributed by atoms with Gasteiger partial charge in [-0.1, -0.05) is 63.3 Å². The number of nitrogens with zero attached hydrogens (tertiary/aromatic N) is 2. The highest BCUT2D eigenvalue weighted by Crippen LogP contribution is 2.12. The van der Waals surface area contributed by atoms with E-state index in [-0.39, 0.29) is 0 Å². The Hall–Kier alpha value is -1.89. The Morgan fingerprint density at radius 3 is 1.36 bits per heavy atom. The Labute approximate surface area is 135 Å². The van der Waals surface area contributed by atoms with Crippen LogP contribution in [-0.2, 0) is 0 Å². The number of rotatable bonds is 0. The maximum Gasteiger partial charge on any atom is 0.147 e. The first-order valence-electron chi connectivity index (χ1n) is 7.47. The number of hydrogen-bond acceptors (Lipinski definition) is 2. The van der Waals surface area contributed by atoms with Crippen molar-refractivity contribution in [3.8, 4) is 22.9 Å². The van der Waals surface area contributed by atoms with Crippen molar-refractivity contribution < 1.29 is 0 Å². The van der Waals surface area contributed by atoms with Crippen LogP contribution in [0.25, 0.3) is 11.0 Å². The molecule has 0 aliphatic heterocycles. The van der Waals surface area contributed by atoms with Crippen LogP contribution in [0.2, 0.25) is 39.3 Å². The molecule has 0 unspecified atom stereocenters. The van der Waals surface area contributed by atoms with Crippen molar-refractivity contribution in [3.05, 3.63) is 35.7 Å². The Bertz CT molecular complexity index is 749. The van der Waals surface area contributed by atoms with E-state index >= 15 is 0 Å². The summed E-state index contributed by atoms with van der Waals surface area (Å²) in [6.07, 6.45) is 0. The van der Waals surface area contributed by atoms with E-state index in [2.05, 4.69) is 72.2 Å². The van der Waals surface area contributed by atoms with Crippen molar-refractivity contribution in [1.82, 2.24) is 9.97 Å². The summed E-state index contributed by atoms with van der Waals surface area (Å²) in [4.78, 5) is 9.36. The fourth-order valence-electron chi connectivity index (χ4n) is 1.67.